The first-order valence-corrected chi connectivity index (χ1v) is 17.3. The van der Waals surface area contributed by atoms with Crippen molar-refractivity contribution >= 4 is 71.7 Å². The number of para-hydroxylation sites is 1. The third kappa shape index (κ3) is 4.95. The maximum Gasteiger partial charge on any atom is 0.161 e. The van der Waals surface area contributed by atoms with E-state index in [0.29, 0.717) is 5.84 Å². The number of nitrogens with zero attached hydrogens (tertiary/aromatic N) is 3. The highest BCUT2D eigenvalue weighted by atomic mass is 32.1. The highest BCUT2D eigenvalue weighted by Crippen LogP contribution is 2.42. The Morgan fingerprint density at radius 2 is 1.22 bits per heavy atom. The van der Waals surface area contributed by atoms with Crippen molar-refractivity contribution in [1.29, 1.82) is 5.41 Å². The molecule has 0 aliphatic heterocycles. The van der Waals surface area contributed by atoms with E-state index >= 15 is 0 Å². The zero-order chi connectivity index (χ0) is 33.6. The van der Waals surface area contributed by atoms with Crippen molar-refractivity contribution in [1.82, 2.24) is 4.57 Å². The maximum absolute atomic E-state index is 8.57. The first-order chi connectivity index (χ1) is 24.7. The molecule has 5 heteroatoms. The summed E-state index contributed by atoms with van der Waals surface area (Å²) in [7, 11) is 0. The Hall–Kier alpha value is -6.43. The molecule has 0 fully saturated rings. The Balaban J connectivity index is 1.13. The van der Waals surface area contributed by atoms with Crippen molar-refractivity contribution < 1.29 is 0 Å². The fourth-order valence-electron chi connectivity index (χ4n) is 7.06. The van der Waals surface area contributed by atoms with Gasteiger partial charge in [0.1, 0.15) is 0 Å². The summed E-state index contributed by atoms with van der Waals surface area (Å²) in [6.07, 6.45) is 0. The zero-order valence-corrected chi connectivity index (χ0v) is 27.9. The Kier molecular flexibility index (Phi) is 7.26. The lowest BCUT2D eigenvalue weighted by atomic mass is 9.98. The highest BCUT2D eigenvalue weighted by Gasteiger charge is 2.17. The van der Waals surface area contributed by atoms with Crippen LogP contribution in [0.1, 0.15) is 11.1 Å². The van der Waals surface area contributed by atoms with Gasteiger partial charge in [-0.05, 0) is 65.4 Å². The SMILES string of the molecule is C=NC(=NC(=N)c1ccccc1)c1ccccc1-c1ccc(-n2c3ccccc3c3cc(-c4cccc5c4sc4ccccc45)ccc32)cc1. The molecule has 0 radical (unpaired) electrons. The van der Waals surface area contributed by atoms with Crippen LogP contribution in [-0.2, 0) is 0 Å². The summed E-state index contributed by atoms with van der Waals surface area (Å²) in [4.78, 5) is 8.82. The van der Waals surface area contributed by atoms with Crippen LogP contribution in [0, 0.1) is 5.41 Å². The second-order valence-corrected chi connectivity index (χ2v) is 13.3. The minimum Gasteiger partial charge on any atom is -0.309 e. The summed E-state index contributed by atoms with van der Waals surface area (Å²) in [5, 5.41) is 13.6. The minimum absolute atomic E-state index is 0.146. The van der Waals surface area contributed by atoms with Gasteiger partial charge in [0.05, 0.1) is 11.0 Å². The van der Waals surface area contributed by atoms with Crippen molar-refractivity contribution in [3.05, 3.63) is 175 Å². The molecular weight excluding hydrogens is 629 g/mol. The third-order valence-electron chi connectivity index (χ3n) is 9.41. The molecular formula is C45H30N4S. The van der Waals surface area contributed by atoms with E-state index in [2.05, 4.69) is 137 Å². The molecule has 0 bridgehead atoms. The van der Waals surface area contributed by atoms with Crippen molar-refractivity contribution in [3.8, 4) is 27.9 Å². The quantitative estimate of drug-likeness (QED) is 0.141. The molecule has 9 aromatic rings. The summed E-state index contributed by atoms with van der Waals surface area (Å²) in [6, 6.07) is 57.0. The lowest BCUT2D eigenvalue weighted by molar-refractivity contribution is 1.18. The van der Waals surface area contributed by atoms with Crippen LogP contribution in [0.3, 0.4) is 0 Å². The van der Waals surface area contributed by atoms with E-state index in [0.717, 1.165) is 39.0 Å². The minimum atomic E-state index is 0.146. The monoisotopic (exact) mass is 658 g/mol. The van der Waals surface area contributed by atoms with Crippen molar-refractivity contribution in [2.24, 2.45) is 9.98 Å². The number of nitrogens with one attached hydrogen (secondary N) is 1. The van der Waals surface area contributed by atoms with Gasteiger partial charge in [-0.2, -0.15) is 0 Å². The standard InChI is InChI=1S/C45H30N4S/c1-47-45(48-44(46)30-12-3-2-4-13-30)38-17-6-5-14-33(38)29-22-25-32(26-23-29)49-40-20-9-7-15-35(40)39-28-31(24-27-41(39)49)34-18-11-19-37-36-16-8-10-21-42(36)50-43(34)37/h2-28,46H,1H2. The fraction of sp³-hybridized carbons (Fsp3) is 0. The van der Waals surface area contributed by atoms with Gasteiger partial charge in [-0.3, -0.25) is 5.41 Å². The van der Waals surface area contributed by atoms with Gasteiger partial charge in [-0.15, -0.1) is 11.3 Å². The van der Waals surface area contributed by atoms with Gasteiger partial charge < -0.3 is 4.57 Å². The Bertz CT molecular complexity index is 2790. The second kappa shape index (κ2) is 12.2. The van der Waals surface area contributed by atoms with Crippen LogP contribution in [0.5, 0.6) is 0 Å². The number of thiophene rings is 1. The predicted octanol–water partition coefficient (Wildman–Crippen LogP) is 12.0. The van der Waals surface area contributed by atoms with Crippen LogP contribution < -0.4 is 0 Å². The van der Waals surface area contributed by atoms with E-state index in [1.54, 1.807) is 0 Å². The summed E-state index contributed by atoms with van der Waals surface area (Å²) >= 11 is 1.87. The molecule has 236 valence electrons. The molecule has 50 heavy (non-hydrogen) atoms. The molecule has 9 rings (SSSR count). The lowest BCUT2D eigenvalue weighted by Gasteiger charge is -2.12. The van der Waals surface area contributed by atoms with Crippen LogP contribution in [0.15, 0.2) is 174 Å². The molecule has 0 spiro atoms. The van der Waals surface area contributed by atoms with Gasteiger partial charge in [0.25, 0.3) is 0 Å². The van der Waals surface area contributed by atoms with Gasteiger partial charge >= 0.3 is 0 Å². The molecule has 0 aliphatic carbocycles. The van der Waals surface area contributed by atoms with Crippen LogP contribution in [0.2, 0.25) is 0 Å². The van der Waals surface area contributed by atoms with Gasteiger partial charge in [-0.25, -0.2) is 9.98 Å². The highest BCUT2D eigenvalue weighted by molar-refractivity contribution is 7.26. The first kappa shape index (κ1) is 29.7. The largest absolute Gasteiger partial charge is 0.309 e. The van der Waals surface area contributed by atoms with Crippen molar-refractivity contribution in [2.75, 3.05) is 0 Å². The fourth-order valence-corrected chi connectivity index (χ4v) is 8.30. The molecule has 0 atom stereocenters. The normalized spacial score (nSPS) is 11.9. The molecule has 0 saturated carbocycles. The third-order valence-corrected chi connectivity index (χ3v) is 10.6. The van der Waals surface area contributed by atoms with Crippen LogP contribution in [0.4, 0.5) is 0 Å². The lowest BCUT2D eigenvalue weighted by Crippen LogP contribution is -2.05. The molecule has 4 nitrogen and oxygen atoms in total. The predicted molar refractivity (Wildman–Crippen MR) is 214 cm³/mol. The number of benzene rings is 7. The summed E-state index contributed by atoms with van der Waals surface area (Å²) in [5.41, 5.74) is 9.46. The van der Waals surface area contributed by atoms with Crippen LogP contribution in [0.25, 0.3) is 69.9 Å². The van der Waals surface area contributed by atoms with Crippen LogP contribution in [-0.4, -0.2) is 23.0 Å². The number of hydrogen-bond donors (Lipinski definition) is 1. The number of rotatable bonds is 5. The average molecular weight is 659 g/mol. The Morgan fingerprint density at radius 3 is 2.06 bits per heavy atom. The molecule has 0 saturated heterocycles. The number of aromatic nitrogens is 1. The van der Waals surface area contributed by atoms with Crippen molar-refractivity contribution in [3.63, 3.8) is 0 Å². The maximum atomic E-state index is 8.57. The Labute approximate surface area is 293 Å². The summed E-state index contributed by atoms with van der Waals surface area (Å²) < 4.78 is 4.99. The summed E-state index contributed by atoms with van der Waals surface area (Å²) in [5.74, 6) is 0.566. The first-order valence-electron chi connectivity index (χ1n) is 16.5. The Morgan fingerprint density at radius 1 is 0.560 bits per heavy atom. The molecule has 0 unspecified atom stereocenters. The molecule has 7 aromatic carbocycles. The summed E-state index contributed by atoms with van der Waals surface area (Å²) in [6.45, 7) is 3.79. The molecule has 2 aromatic heterocycles. The van der Waals surface area contributed by atoms with E-state index in [1.807, 2.05) is 59.9 Å². The second-order valence-electron chi connectivity index (χ2n) is 12.3. The topological polar surface area (TPSA) is 53.5 Å². The molecule has 0 aliphatic rings. The van der Waals surface area contributed by atoms with Gasteiger partial charge in [0.2, 0.25) is 0 Å². The molecule has 0 amide bonds. The number of hydrogen-bond acceptors (Lipinski definition) is 2. The number of fused-ring (bicyclic) bond motifs is 6. The van der Waals surface area contributed by atoms with Gasteiger partial charge in [-0.1, -0.05) is 127 Å². The average Bonchev–Trinajstić information content (AvgIpc) is 3.73. The zero-order valence-electron chi connectivity index (χ0n) is 27.0. The smallest absolute Gasteiger partial charge is 0.161 e. The molecule has 1 N–H and O–H groups in total. The van der Waals surface area contributed by atoms with Gasteiger partial charge in [0, 0.05) is 47.8 Å². The number of amidine groups is 2. The van der Waals surface area contributed by atoms with E-state index in [-0.39, 0.29) is 5.84 Å². The molecule has 2 heterocycles. The van der Waals surface area contributed by atoms with E-state index in [9.17, 15) is 0 Å². The van der Waals surface area contributed by atoms with Crippen molar-refractivity contribution in [2.45, 2.75) is 0 Å². The van der Waals surface area contributed by atoms with E-state index in [4.69, 9.17) is 5.41 Å². The van der Waals surface area contributed by atoms with Gasteiger partial charge in [0.15, 0.2) is 11.7 Å². The van der Waals surface area contributed by atoms with Crippen LogP contribution >= 0.6 is 11.3 Å². The van der Waals surface area contributed by atoms with E-state index < -0.39 is 0 Å². The number of aliphatic imine (C=N–C) groups is 2. The van der Waals surface area contributed by atoms with E-state index in [1.165, 1.54) is 42.1 Å².